The topological polar surface area (TPSA) is 49.4 Å². The van der Waals surface area contributed by atoms with Crippen LogP contribution >= 0.6 is 0 Å². The van der Waals surface area contributed by atoms with Gasteiger partial charge < -0.3 is 5.32 Å². The van der Waals surface area contributed by atoms with Crippen LogP contribution in [0.15, 0.2) is 29.2 Å². The second kappa shape index (κ2) is 5.13. The summed E-state index contributed by atoms with van der Waals surface area (Å²) in [6.07, 6.45) is 3.78. The molecule has 20 heavy (non-hydrogen) atoms. The number of rotatable bonds is 3. The van der Waals surface area contributed by atoms with E-state index in [0.29, 0.717) is 10.3 Å². The highest BCUT2D eigenvalue weighted by Gasteiger charge is 2.39. The highest BCUT2D eigenvalue weighted by Crippen LogP contribution is 2.35. The third kappa shape index (κ3) is 2.90. The Kier molecular flexibility index (Phi) is 3.60. The van der Waals surface area contributed by atoms with Crippen molar-refractivity contribution in [2.75, 3.05) is 32.4 Å². The van der Waals surface area contributed by atoms with Crippen LogP contribution < -0.4 is 5.32 Å². The molecule has 2 aliphatic heterocycles. The first kappa shape index (κ1) is 14.0. The Hall–Kier alpha value is -0.910. The fraction of sp³-hybridized carbons (Fsp3) is 0.600. The van der Waals surface area contributed by atoms with Gasteiger partial charge in [0.2, 0.25) is 0 Å². The van der Waals surface area contributed by atoms with Gasteiger partial charge in [-0.3, -0.25) is 4.90 Å². The largest absolute Gasteiger partial charge is 0.316 e. The van der Waals surface area contributed by atoms with Crippen molar-refractivity contribution >= 4 is 9.84 Å². The number of nitrogens with one attached hydrogen (secondary N) is 1. The third-order valence-electron chi connectivity index (χ3n) is 4.65. The van der Waals surface area contributed by atoms with E-state index in [-0.39, 0.29) is 0 Å². The van der Waals surface area contributed by atoms with E-state index in [9.17, 15) is 8.42 Å². The second-order valence-electron chi connectivity index (χ2n) is 6.30. The van der Waals surface area contributed by atoms with Crippen molar-refractivity contribution in [2.24, 2.45) is 5.41 Å². The van der Waals surface area contributed by atoms with Gasteiger partial charge in [0.25, 0.3) is 0 Å². The van der Waals surface area contributed by atoms with Crippen LogP contribution in [-0.4, -0.2) is 45.8 Å². The van der Waals surface area contributed by atoms with E-state index in [0.717, 1.165) is 25.2 Å². The van der Waals surface area contributed by atoms with Crippen molar-refractivity contribution in [3.63, 3.8) is 0 Å². The SMILES string of the molecule is CS(=O)(=O)c1cccc(CN2CCC3(CC2)CNC3)c1. The molecule has 0 aliphatic carbocycles. The summed E-state index contributed by atoms with van der Waals surface area (Å²) in [6.45, 7) is 5.43. The van der Waals surface area contributed by atoms with Crippen LogP contribution in [0.4, 0.5) is 0 Å². The lowest BCUT2D eigenvalue weighted by atomic mass is 9.73. The van der Waals surface area contributed by atoms with Gasteiger partial charge in [-0.05, 0) is 49.0 Å². The molecule has 110 valence electrons. The molecule has 1 aromatic rings. The van der Waals surface area contributed by atoms with Gasteiger partial charge in [-0.1, -0.05) is 12.1 Å². The first-order valence-electron chi connectivity index (χ1n) is 7.19. The Morgan fingerprint density at radius 2 is 1.95 bits per heavy atom. The normalized spacial score (nSPS) is 22.6. The van der Waals surface area contributed by atoms with Crippen LogP contribution in [0.5, 0.6) is 0 Å². The highest BCUT2D eigenvalue weighted by atomic mass is 32.2. The van der Waals surface area contributed by atoms with Crippen LogP contribution in [0.2, 0.25) is 0 Å². The molecule has 0 atom stereocenters. The minimum Gasteiger partial charge on any atom is -0.316 e. The fourth-order valence-corrected chi connectivity index (χ4v) is 3.84. The molecule has 3 rings (SSSR count). The molecule has 2 saturated heterocycles. The predicted octanol–water partition coefficient (Wildman–Crippen LogP) is 1.28. The van der Waals surface area contributed by atoms with E-state index in [2.05, 4.69) is 10.2 Å². The van der Waals surface area contributed by atoms with Crippen LogP contribution in [-0.2, 0) is 16.4 Å². The van der Waals surface area contributed by atoms with Crippen LogP contribution in [0.25, 0.3) is 0 Å². The fourth-order valence-electron chi connectivity index (χ4n) is 3.15. The summed E-state index contributed by atoms with van der Waals surface area (Å²) in [4.78, 5) is 2.86. The molecule has 0 aromatic heterocycles. The second-order valence-corrected chi connectivity index (χ2v) is 8.32. The van der Waals surface area contributed by atoms with Crippen LogP contribution in [0, 0.1) is 5.41 Å². The maximum Gasteiger partial charge on any atom is 0.175 e. The number of hydrogen-bond acceptors (Lipinski definition) is 4. The molecule has 0 bridgehead atoms. The number of piperidine rings is 1. The molecule has 0 saturated carbocycles. The lowest BCUT2D eigenvalue weighted by Crippen LogP contribution is -2.58. The molecule has 2 fully saturated rings. The van der Waals surface area contributed by atoms with E-state index in [1.54, 1.807) is 6.07 Å². The highest BCUT2D eigenvalue weighted by molar-refractivity contribution is 7.90. The summed E-state index contributed by atoms with van der Waals surface area (Å²) < 4.78 is 23.2. The van der Waals surface area contributed by atoms with Gasteiger partial charge in [0.05, 0.1) is 4.90 Å². The Bertz CT molecular complexity index is 584. The average molecular weight is 294 g/mol. The van der Waals surface area contributed by atoms with Gasteiger partial charge in [0.15, 0.2) is 9.84 Å². The zero-order valence-corrected chi connectivity index (χ0v) is 12.7. The number of benzene rings is 1. The number of hydrogen-bond donors (Lipinski definition) is 1. The molecule has 2 aliphatic rings. The van der Waals surface area contributed by atoms with E-state index < -0.39 is 9.84 Å². The minimum atomic E-state index is -3.11. The van der Waals surface area contributed by atoms with Crippen molar-refractivity contribution in [2.45, 2.75) is 24.3 Å². The van der Waals surface area contributed by atoms with E-state index in [1.807, 2.05) is 18.2 Å². The summed E-state index contributed by atoms with van der Waals surface area (Å²) in [5.74, 6) is 0. The van der Waals surface area contributed by atoms with Crippen molar-refractivity contribution in [1.29, 1.82) is 0 Å². The molecule has 1 spiro atoms. The van der Waals surface area contributed by atoms with Gasteiger partial charge in [-0.15, -0.1) is 0 Å². The Labute approximate surface area is 121 Å². The minimum absolute atomic E-state index is 0.423. The standard InChI is InChI=1S/C15H22N2O2S/c1-20(18,19)14-4-2-3-13(9-14)10-17-7-5-15(6-8-17)11-16-12-15/h2-4,9,16H,5-8,10-12H2,1H3. The van der Waals surface area contributed by atoms with Crippen LogP contribution in [0.1, 0.15) is 18.4 Å². The molecule has 1 N–H and O–H groups in total. The first-order chi connectivity index (χ1) is 9.47. The van der Waals surface area contributed by atoms with Crippen LogP contribution in [0.3, 0.4) is 0 Å². The molecule has 5 heteroatoms. The Morgan fingerprint density at radius 1 is 1.25 bits per heavy atom. The molecule has 0 amide bonds. The molecule has 2 heterocycles. The van der Waals surface area contributed by atoms with Gasteiger partial charge in [-0.25, -0.2) is 8.42 Å². The zero-order valence-electron chi connectivity index (χ0n) is 11.9. The summed E-state index contributed by atoms with van der Waals surface area (Å²) in [7, 11) is -3.11. The van der Waals surface area contributed by atoms with Gasteiger partial charge in [0.1, 0.15) is 0 Å². The summed E-state index contributed by atoms with van der Waals surface area (Å²) in [5.41, 5.74) is 1.65. The van der Waals surface area contributed by atoms with Gasteiger partial charge in [0, 0.05) is 25.9 Å². The summed E-state index contributed by atoms with van der Waals surface area (Å²) in [5, 5.41) is 3.38. The lowest BCUT2D eigenvalue weighted by Gasteiger charge is -2.48. The summed E-state index contributed by atoms with van der Waals surface area (Å²) >= 11 is 0. The van der Waals surface area contributed by atoms with Crippen molar-refractivity contribution in [1.82, 2.24) is 10.2 Å². The monoisotopic (exact) mass is 294 g/mol. The molecular weight excluding hydrogens is 272 g/mol. The Balaban J connectivity index is 1.64. The first-order valence-corrected chi connectivity index (χ1v) is 9.08. The molecule has 1 aromatic carbocycles. The Morgan fingerprint density at radius 3 is 2.50 bits per heavy atom. The smallest absolute Gasteiger partial charge is 0.175 e. The average Bonchev–Trinajstić information content (AvgIpc) is 2.37. The molecule has 4 nitrogen and oxygen atoms in total. The zero-order chi connectivity index (χ0) is 14.2. The van der Waals surface area contributed by atoms with Crippen molar-refractivity contribution < 1.29 is 8.42 Å². The van der Waals surface area contributed by atoms with Gasteiger partial charge >= 0.3 is 0 Å². The molecule has 0 unspecified atom stereocenters. The van der Waals surface area contributed by atoms with Crippen molar-refractivity contribution in [3.8, 4) is 0 Å². The van der Waals surface area contributed by atoms with Gasteiger partial charge in [-0.2, -0.15) is 0 Å². The maximum absolute atomic E-state index is 11.6. The predicted molar refractivity (Wildman–Crippen MR) is 79.4 cm³/mol. The lowest BCUT2D eigenvalue weighted by molar-refractivity contribution is 0.0520. The van der Waals surface area contributed by atoms with E-state index in [4.69, 9.17) is 0 Å². The quantitative estimate of drug-likeness (QED) is 0.912. The third-order valence-corrected chi connectivity index (χ3v) is 5.76. The maximum atomic E-state index is 11.6. The molecular formula is C15H22N2O2S. The van der Waals surface area contributed by atoms with E-state index >= 15 is 0 Å². The summed E-state index contributed by atoms with van der Waals surface area (Å²) in [6, 6.07) is 7.34. The van der Waals surface area contributed by atoms with E-state index in [1.165, 1.54) is 32.2 Å². The number of nitrogens with zero attached hydrogens (tertiary/aromatic N) is 1. The number of sulfone groups is 1. The number of likely N-dealkylation sites (tertiary alicyclic amines) is 1. The van der Waals surface area contributed by atoms with Crippen molar-refractivity contribution in [3.05, 3.63) is 29.8 Å². The molecule has 0 radical (unpaired) electrons.